The molecule has 96 valence electrons. The molecule has 0 spiro atoms. The fourth-order valence-electron chi connectivity index (χ4n) is 2.07. The summed E-state index contributed by atoms with van der Waals surface area (Å²) in [4.78, 5) is 0. The Bertz CT molecular complexity index is 322. The Hall–Kier alpha value is -0.820. The Morgan fingerprint density at radius 2 is 1.65 bits per heavy atom. The van der Waals surface area contributed by atoms with E-state index in [2.05, 4.69) is 52.0 Å². The molecule has 0 saturated carbocycles. The summed E-state index contributed by atoms with van der Waals surface area (Å²) in [6.07, 6.45) is 3.48. The van der Waals surface area contributed by atoms with Crippen LogP contribution in [0.5, 0.6) is 0 Å². The van der Waals surface area contributed by atoms with Gasteiger partial charge in [-0.15, -0.1) is 0 Å². The second-order valence-electron chi connectivity index (χ2n) is 6.10. The summed E-state index contributed by atoms with van der Waals surface area (Å²) in [7, 11) is 0. The molecule has 0 aliphatic carbocycles. The maximum Gasteiger partial charge on any atom is -0.00722 e. The smallest absolute Gasteiger partial charge is 0.00722 e. The van der Waals surface area contributed by atoms with Crippen LogP contribution in [0.15, 0.2) is 24.3 Å². The lowest BCUT2D eigenvalue weighted by molar-refractivity contribution is 0.313. The normalized spacial score (nSPS) is 12.1. The summed E-state index contributed by atoms with van der Waals surface area (Å²) in [5, 5.41) is 0. The minimum absolute atomic E-state index is 0.367. The highest BCUT2D eigenvalue weighted by Gasteiger charge is 2.16. The molecular formula is C16H27N. The molecule has 1 rings (SSSR count). The van der Waals surface area contributed by atoms with Gasteiger partial charge in [-0.2, -0.15) is 0 Å². The fraction of sp³-hybridized carbons (Fsp3) is 0.625. The summed E-state index contributed by atoms with van der Waals surface area (Å²) in [5.74, 6) is 0.623. The molecule has 1 nitrogen and oxygen atoms in total. The minimum atomic E-state index is 0.367. The number of rotatable bonds is 6. The number of benzene rings is 1. The summed E-state index contributed by atoms with van der Waals surface area (Å²) < 4.78 is 0. The van der Waals surface area contributed by atoms with Crippen LogP contribution in [0.25, 0.3) is 0 Å². The molecule has 0 bridgehead atoms. The molecule has 1 heteroatoms. The van der Waals surface area contributed by atoms with Gasteiger partial charge in [0, 0.05) is 0 Å². The Kier molecular flexibility index (Phi) is 5.20. The minimum Gasteiger partial charge on any atom is -0.330 e. The zero-order valence-electron chi connectivity index (χ0n) is 11.8. The van der Waals surface area contributed by atoms with E-state index in [-0.39, 0.29) is 0 Å². The van der Waals surface area contributed by atoms with Gasteiger partial charge in [0.25, 0.3) is 0 Å². The van der Waals surface area contributed by atoms with E-state index in [0.29, 0.717) is 11.3 Å². The van der Waals surface area contributed by atoms with Crippen LogP contribution in [-0.4, -0.2) is 6.54 Å². The van der Waals surface area contributed by atoms with E-state index in [1.54, 1.807) is 0 Å². The molecule has 2 N–H and O–H groups in total. The first-order valence-electron chi connectivity index (χ1n) is 6.73. The van der Waals surface area contributed by atoms with E-state index in [0.717, 1.165) is 19.4 Å². The molecule has 0 aromatic heterocycles. The van der Waals surface area contributed by atoms with Crippen molar-refractivity contribution in [2.75, 3.05) is 6.54 Å². The van der Waals surface area contributed by atoms with Crippen LogP contribution in [0.2, 0.25) is 0 Å². The number of nitrogens with two attached hydrogens (primary N) is 1. The van der Waals surface area contributed by atoms with Crippen molar-refractivity contribution in [1.82, 2.24) is 0 Å². The highest BCUT2D eigenvalue weighted by molar-refractivity contribution is 5.24. The number of hydrogen-bond donors (Lipinski definition) is 1. The third kappa shape index (κ3) is 4.91. The van der Waals surface area contributed by atoms with E-state index >= 15 is 0 Å². The molecule has 17 heavy (non-hydrogen) atoms. The van der Waals surface area contributed by atoms with Gasteiger partial charge in [0.15, 0.2) is 0 Å². The van der Waals surface area contributed by atoms with Gasteiger partial charge in [-0.3, -0.25) is 0 Å². The summed E-state index contributed by atoms with van der Waals surface area (Å²) in [5.41, 5.74) is 8.87. The van der Waals surface area contributed by atoms with Crippen LogP contribution in [0.3, 0.4) is 0 Å². The first kappa shape index (κ1) is 14.2. The molecule has 0 fully saturated rings. The predicted molar refractivity (Wildman–Crippen MR) is 76.3 cm³/mol. The number of hydrogen-bond acceptors (Lipinski definition) is 1. The van der Waals surface area contributed by atoms with Crippen molar-refractivity contribution in [2.24, 2.45) is 11.1 Å². The van der Waals surface area contributed by atoms with Crippen LogP contribution < -0.4 is 5.73 Å². The molecule has 1 aromatic carbocycles. The van der Waals surface area contributed by atoms with Crippen molar-refractivity contribution in [3.63, 3.8) is 0 Å². The third-order valence-corrected chi connectivity index (χ3v) is 3.56. The molecule has 0 atom stereocenters. The maximum absolute atomic E-state index is 5.64. The van der Waals surface area contributed by atoms with Crippen LogP contribution in [0, 0.1) is 5.41 Å². The van der Waals surface area contributed by atoms with E-state index in [1.807, 2.05) is 0 Å². The standard InChI is InChI=1S/C16H27N/c1-13(2)15-7-5-14(6-8-15)9-10-16(3,4)11-12-17/h5-8,13H,9-12,17H2,1-4H3. The summed E-state index contributed by atoms with van der Waals surface area (Å²) in [6, 6.07) is 9.06. The number of aryl methyl sites for hydroxylation is 1. The van der Waals surface area contributed by atoms with Crippen molar-refractivity contribution in [3.05, 3.63) is 35.4 Å². The van der Waals surface area contributed by atoms with Crippen molar-refractivity contribution in [2.45, 2.75) is 52.9 Å². The van der Waals surface area contributed by atoms with Gasteiger partial charge in [-0.05, 0) is 48.3 Å². The van der Waals surface area contributed by atoms with Crippen LogP contribution in [0.4, 0.5) is 0 Å². The van der Waals surface area contributed by atoms with E-state index < -0.39 is 0 Å². The van der Waals surface area contributed by atoms with Gasteiger partial charge >= 0.3 is 0 Å². The third-order valence-electron chi connectivity index (χ3n) is 3.56. The lowest BCUT2D eigenvalue weighted by Crippen LogP contribution is -2.17. The topological polar surface area (TPSA) is 26.0 Å². The van der Waals surface area contributed by atoms with Crippen LogP contribution in [-0.2, 0) is 6.42 Å². The van der Waals surface area contributed by atoms with Gasteiger partial charge in [0.2, 0.25) is 0 Å². The second-order valence-corrected chi connectivity index (χ2v) is 6.10. The molecule has 0 aliphatic heterocycles. The SMILES string of the molecule is CC(C)c1ccc(CCC(C)(C)CCN)cc1. The average molecular weight is 233 g/mol. The Morgan fingerprint density at radius 3 is 2.12 bits per heavy atom. The van der Waals surface area contributed by atoms with Gasteiger partial charge < -0.3 is 5.73 Å². The van der Waals surface area contributed by atoms with E-state index in [1.165, 1.54) is 17.5 Å². The van der Waals surface area contributed by atoms with Crippen molar-refractivity contribution in [3.8, 4) is 0 Å². The van der Waals surface area contributed by atoms with Crippen LogP contribution >= 0.6 is 0 Å². The van der Waals surface area contributed by atoms with Gasteiger partial charge in [-0.25, -0.2) is 0 Å². The molecular weight excluding hydrogens is 206 g/mol. The predicted octanol–water partition coefficient (Wildman–Crippen LogP) is 4.12. The molecule has 0 unspecified atom stereocenters. The fourth-order valence-corrected chi connectivity index (χ4v) is 2.07. The molecule has 1 aromatic rings. The molecule has 0 amide bonds. The van der Waals surface area contributed by atoms with Gasteiger partial charge in [0.1, 0.15) is 0 Å². The van der Waals surface area contributed by atoms with Gasteiger partial charge in [-0.1, -0.05) is 52.0 Å². The van der Waals surface area contributed by atoms with E-state index in [4.69, 9.17) is 5.73 Å². The highest BCUT2D eigenvalue weighted by atomic mass is 14.5. The second kappa shape index (κ2) is 6.20. The zero-order valence-corrected chi connectivity index (χ0v) is 11.8. The first-order chi connectivity index (χ1) is 7.94. The highest BCUT2D eigenvalue weighted by Crippen LogP contribution is 2.26. The summed E-state index contributed by atoms with van der Waals surface area (Å²) >= 11 is 0. The van der Waals surface area contributed by atoms with Crippen molar-refractivity contribution in [1.29, 1.82) is 0 Å². The van der Waals surface area contributed by atoms with Gasteiger partial charge in [0.05, 0.1) is 0 Å². The lowest BCUT2D eigenvalue weighted by Gasteiger charge is -2.23. The Balaban J connectivity index is 2.52. The monoisotopic (exact) mass is 233 g/mol. The largest absolute Gasteiger partial charge is 0.330 e. The molecule has 0 aliphatic rings. The molecule has 0 heterocycles. The first-order valence-corrected chi connectivity index (χ1v) is 6.73. The van der Waals surface area contributed by atoms with Crippen LogP contribution in [0.1, 0.15) is 57.6 Å². The summed E-state index contributed by atoms with van der Waals surface area (Å²) in [6.45, 7) is 9.88. The quantitative estimate of drug-likeness (QED) is 0.786. The zero-order chi connectivity index (χ0) is 12.9. The lowest BCUT2D eigenvalue weighted by atomic mass is 9.83. The van der Waals surface area contributed by atoms with E-state index in [9.17, 15) is 0 Å². The maximum atomic E-state index is 5.64. The average Bonchev–Trinajstić information content (AvgIpc) is 2.27. The Labute approximate surface area is 106 Å². The van der Waals surface area contributed by atoms with Crippen molar-refractivity contribution < 1.29 is 0 Å². The Morgan fingerprint density at radius 1 is 1.06 bits per heavy atom. The molecule has 0 saturated heterocycles. The van der Waals surface area contributed by atoms with Crippen molar-refractivity contribution >= 4 is 0 Å². The molecule has 0 radical (unpaired) electrons.